The van der Waals surface area contributed by atoms with Gasteiger partial charge in [-0.05, 0) is 31.5 Å². The van der Waals surface area contributed by atoms with E-state index in [-0.39, 0.29) is 30.8 Å². The Kier molecular flexibility index (Phi) is 5.79. The molecule has 6 heteroatoms. The number of rotatable bonds is 5. The van der Waals surface area contributed by atoms with E-state index < -0.39 is 0 Å². The predicted octanol–water partition coefficient (Wildman–Crippen LogP) is 1.44. The van der Waals surface area contributed by atoms with Gasteiger partial charge < -0.3 is 16.4 Å². The highest BCUT2D eigenvalue weighted by molar-refractivity contribution is 6.33. The summed E-state index contributed by atoms with van der Waals surface area (Å²) < 4.78 is 0. The van der Waals surface area contributed by atoms with Crippen LogP contribution in [0.3, 0.4) is 0 Å². The molecule has 0 aliphatic rings. The number of benzene rings is 1. The van der Waals surface area contributed by atoms with Crippen LogP contribution in [0, 0.1) is 6.92 Å². The number of hydrogen-bond acceptors (Lipinski definition) is 3. The number of halogens is 1. The van der Waals surface area contributed by atoms with Gasteiger partial charge in [0.2, 0.25) is 11.8 Å². The molecule has 1 aromatic carbocycles. The van der Waals surface area contributed by atoms with E-state index in [0.717, 1.165) is 5.56 Å². The first-order valence-corrected chi connectivity index (χ1v) is 6.34. The Hall–Kier alpha value is -1.59. The second-order valence-electron chi connectivity index (χ2n) is 4.49. The summed E-state index contributed by atoms with van der Waals surface area (Å²) in [5.41, 5.74) is 7.01. The molecular formula is C13H18ClN3O2. The molecular weight excluding hydrogens is 266 g/mol. The largest absolute Gasteiger partial charge is 0.347 e. The van der Waals surface area contributed by atoms with Crippen LogP contribution in [-0.2, 0) is 9.59 Å². The van der Waals surface area contributed by atoms with E-state index in [1.807, 2.05) is 13.0 Å². The topological polar surface area (TPSA) is 84.2 Å². The maximum Gasteiger partial charge on any atom is 0.243 e. The number of nitrogens with one attached hydrogen (secondary N) is 2. The number of hydrogen-bond donors (Lipinski definition) is 3. The Morgan fingerprint density at radius 3 is 2.63 bits per heavy atom. The Bertz CT molecular complexity index is 475. The molecule has 1 rings (SSSR count). The normalized spacial score (nSPS) is 11.8. The summed E-state index contributed by atoms with van der Waals surface area (Å²) in [7, 11) is 0. The van der Waals surface area contributed by atoms with E-state index in [1.54, 1.807) is 19.1 Å². The first-order valence-electron chi connectivity index (χ1n) is 5.96. The SMILES string of the molecule is Cc1ccc(NC(=O)CNC(=O)CC(C)N)c(Cl)c1. The maximum absolute atomic E-state index is 11.6. The zero-order chi connectivity index (χ0) is 14.4. The fraction of sp³-hybridized carbons (Fsp3) is 0.385. The highest BCUT2D eigenvalue weighted by Crippen LogP contribution is 2.22. The van der Waals surface area contributed by atoms with E-state index in [9.17, 15) is 9.59 Å². The van der Waals surface area contributed by atoms with Crippen LogP contribution in [0.2, 0.25) is 5.02 Å². The first kappa shape index (κ1) is 15.5. The minimum Gasteiger partial charge on any atom is -0.347 e. The van der Waals surface area contributed by atoms with Crippen molar-refractivity contribution in [2.24, 2.45) is 5.73 Å². The van der Waals surface area contributed by atoms with Crippen molar-refractivity contribution < 1.29 is 9.59 Å². The van der Waals surface area contributed by atoms with Gasteiger partial charge in [-0.25, -0.2) is 0 Å². The van der Waals surface area contributed by atoms with Crippen LogP contribution in [0.4, 0.5) is 5.69 Å². The number of anilines is 1. The van der Waals surface area contributed by atoms with Crippen LogP contribution in [0.5, 0.6) is 0 Å². The third kappa shape index (κ3) is 5.72. The molecule has 0 saturated heterocycles. The first-order chi connectivity index (χ1) is 8.88. The summed E-state index contributed by atoms with van der Waals surface area (Å²) in [6, 6.07) is 5.09. The smallest absolute Gasteiger partial charge is 0.243 e. The quantitative estimate of drug-likeness (QED) is 0.764. The van der Waals surface area contributed by atoms with Crippen LogP contribution in [0.1, 0.15) is 18.9 Å². The Morgan fingerprint density at radius 1 is 1.37 bits per heavy atom. The van der Waals surface area contributed by atoms with Crippen molar-refractivity contribution in [2.75, 3.05) is 11.9 Å². The zero-order valence-corrected chi connectivity index (χ0v) is 11.8. The Morgan fingerprint density at radius 2 is 2.05 bits per heavy atom. The second-order valence-corrected chi connectivity index (χ2v) is 4.90. The Labute approximate surface area is 117 Å². The Balaban J connectivity index is 2.45. The van der Waals surface area contributed by atoms with E-state index in [1.165, 1.54) is 0 Å². The van der Waals surface area contributed by atoms with Crippen molar-refractivity contribution in [3.05, 3.63) is 28.8 Å². The molecule has 5 nitrogen and oxygen atoms in total. The van der Waals surface area contributed by atoms with Gasteiger partial charge in [0.1, 0.15) is 0 Å². The predicted molar refractivity (Wildman–Crippen MR) is 76.1 cm³/mol. The number of carbonyl (C=O) groups excluding carboxylic acids is 2. The lowest BCUT2D eigenvalue weighted by atomic mass is 10.2. The van der Waals surface area contributed by atoms with Gasteiger partial charge in [0.05, 0.1) is 17.3 Å². The third-order valence-corrected chi connectivity index (χ3v) is 2.66. The molecule has 2 amide bonds. The summed E-state index contributed by atoms with van der Waals surface area (Å²) in [5, 5.41) is 5.59. The van der Waals surface area contributed by atoms with Crippen LogP contribution < -0.4 is 16.4 Å². The second kappa shape index (κ2) is 7.11. The summed E-state index contributed by atoms with van der Waals surface area (Å²) >= 11 is 5.99. The molecule has 1 unspecified atom stereocenters. The summed E-state index contributed by atoms with van der Waals surface area (Å²) in [6.45, 7) is 3.53. The molecule has 19 heavy (non-hydrogen) atoms. The molecule has 1 aromatic rings. The number of amides is 2. The van der Waals surface area contributed by atoms with Crippen LogP contribution in [0.25, 0.3) is 0 Å². The zero-order valence-electron chi connectivity index (χ0n) is 11.0. The highest BCUT2D eigenvalue weighted by Gasteiger charge is 2.09. The molecule has 104 valence electrons. The molecule has 0 saturated carbocycles. The maximum atomic E-state index is 11.6. The third-order valence-electron chi connectivity index (χ3n) is 2.35. The van der Waals surface area contributed by atoms with Crippen molar-refractivity contribution >= 4 is 29.1 Å². The van der Waals surface area contributed by atoms with Crippen molar-refractivity contribution in [3.8, 4) is 0 Å². The lowest BCUT2D eigenvalue weighted by molar-refractivity contribution is -0.124. The fourth-order valence-corrected chi connectivity index (χ4v) is 1.74. The summed E-state index contributed by atoms with van der Waals surface area (Å²) in [5.74, 6) is -0.580. The van der Waals surface area contributed by atoms with Crippen LogP contribution >= 0.6 is 11.6 Å². The molecule has 0 bridgehead atoms. The van der Waals surface area contributed by atoms with Gasteiger partial charge in [0, 0.05) is 12.5 Å². The molecule has 1 atom stereocenters. The monoisotopic (exact) mass is 283 g/mol. The average Bonchev–Trinajstić information content (AvgIpc) is 2.29. The standard InChI is InChI=1S/C13H18ClN3O2/c1-8-3-4-11(10(14)5-8)17-13(19)7-16-12(18)6-9(2)15/h3-5,9H,6-7,15H2,1-2H3,(H,16,18)(H,17,19). The summed E-state index contributed by atoms with van der Waals surface area (Å²) in [6.07, 6.45) is 0.193. The molecule has 0 heterocycles. The molecule has 0 fully saturated rings. The van der Waals surface area contributed by atoms with E-state index in [0.29, 0.717) is 10.7 Å². The fourth-order valence-electron chi connectivity index (χ4n) is 1.46. The van der Waals surface area contributed by atoms with Gasteiger partial charge in [0.25, 0.3) is 0 Å². The van der Waals surface area contributed by atoms with Crippen molar-refractivity contribution in [1.82, 2.24) is 5.32 Å². The molecule has 0 aliphatic carbocycles. The van der Waals surface area contributed by atoms with Gasteiger partial charge in [-0.15, -0.1) is 0 Å². The number of aryl methyl sites for hydroxylation is 1. The molecule has 0 aromatic heterocycles. The van der Waals surface area contributed by atoms with Gasteiger partial charge in [-0.1, -0.05) is 17.7 Å². The van der Waals surface area contributed by atoms with Gasteiger partial charge >= 0.3 is 0 Å². The van der Waals surface area contributed by atoms with Gasteiger partial charge in [0.15, 0.2) is 0 Å². The molecule has 0 spiro atoms. The minimum atomic E-state index is -0.330. The van der Waals surface area contributed by atoms with E-state index >= 15 is 0 Å². The highest BCUT2D eigenvalue weighted by atomic mass is 35.5. The molecule has 0 radical (unpaired) electrons. The van der Waals surface area contributed by atoms with Gasteiger partial charge in [-0.3, -0.25) is 9.59 Å². The van der Waals surface area contributed by atoms with E-state index in [2.05, 4.69) is 10.6 Å². The van der Waals surface area contributed by atoms with Crippen molar-refractivity contribution in [3.63, 3.8) is 0 Å². The van der Waals surface area contributed by atoms with Crippen molar-refractivity contribution in [1.29, 1.82) is 0 Å². The molecule has 4 N–H and O–H groups in total. The van der Waals surface area contributed by atoms with Crippen molar-refractivity contribution in [2.45, 2.75) is 26.3 Å². The van der Waals surface area contributed by atoms with Gasteiger partial charge in [-0.2, -0.15) is 0 Å². The lowest BCUT2D eigenvalue weighted by Gasteiger charge is -2.09. The lowest BCUT2D eigenvalue weighted by Crippen LogP contribution is -2.35. The molecule has 0 aliphatic heterocycles. The minimum absolute atomic E-state index is 0.101. The number of nitrogens with two attached hydrogens (primary N) is 1. The van der Waals surface area contributed by atoms with E-state index in [4.69, 9.17) is 17.3 Å². The number of carbonyl (C=O) groups is 2. The van der Waals surface area contributed by atoms with Crippen LogP contribution in [0.15, 0.2) is 18.2 Å². The van der Waals surface area contributed by atoms with Crippen LogP contribution in [-0.4, -0.2) is 24.4 Å². The summed E-state index contributed by atoms with van der Waals surface area (Å²) in [4.78, 5) is 22.9. The average molecular weight is 284 g/mol.